The predicted octanol–water partition coefficient (Wildman–Crippen LogP) is 2.56. The third-order valence-corrected chi connectivity index (χ3v) is 2.12. The molecule has 0 spiro atoms. The summed E-state index contributed by atoms with van der Waals surface area (Å²) in [4.78, 5) is 0.516. The molecule has 0 aliphatic carbocycles. The van der Waals surface area contributed by atoms with E-state index in [1.807, 2.05) is 0 Å². The molecule has 2 atom stereocenters. The van der Waals surface area contributed by atoms with Gasteiger partial charge in [0, 0.05) is 6.54 Å². The molecule has 0 radical (unpaired) electrons. The Morgan fingerprint density at radius 1 is 1.15 bits per heavy atom. The van der Waals surface area contributed by atoms with Gasteiger partial charge in [0.25, 0.3) is 0 Å². The van der Waals surface area contributed by atoms with E-state index in [9.17, 15) is 13.2 Å². The highest BCUT2D eigenvalue weighted by atomic mass is 19.4. The third kappa shape index (κ3) is 1.67. The molecule has 0 amide bonds. The molecule has 70 valence electrons. The Kier molecular flexibility index (Phi) is 1.80. The highest BCUT2D eigenvalue weighted by Gasteiger charge is 2.53. The summed E-state index contributed by atoms with van der Waals surface area (Å²) in [7, 11) is 0. The average molecular weight is 187 g/mol. The molecule has 1 saturated heterocycles. The molecule has 1 aromatic carbocycles. The molecule has 1 aliphatic heterocycles. The van der Waals surface area contributed by atoms with Crippen LogP contribution in [0.4, 0.5) is 13.2 Å². The molecule has 0 aromatic heterocycles. The van der Waals surface area contributed by atoms with Crippen molar-refractivity contribution in [2.45, 2.75) is 12.3 Å². The smallest absolute Gasteiger partial charge is 0.204 e. The molecule has 1 nitrogen and oxygen atoms in total. The normalized spacial score (nSPS) is 27.3. The summed E-state index contributed by atoms with van der Waals surface area (Å²) in [6.45, 7) is 0.0908. The van der Waals surface area contributed by atoms with Crippen LogP contribution in [-0.2, 0) is 0 Å². The number of alkyl halides is 3. The quantitative estimate of drug-likeness (QED) is 0.482. The van der Waals surface area contributed by atoms with Gasteiger partial charge in [-0.25, -0.2) is 4.90 Å². The molecule has 13 heavy (non-hydrogen) atoms. The first-order valence-electron chi connectivity index (χ1n) is 3.97. The van der Waals surface area contributed by atoms with E-state index in [-0.39, 0.29) is 6.54 Å². The van der Waals surface area contributed by atoms with E-state index in [0.29, 0.717) is 4.90 Å². The largest absolute Gasteiger partial charge is 0.460 e. The Morgan fingerprint density at radius 2 is 1.77 bits per heavy atom. The maximum Gasteiger partial charge on any atom is 0.460 e. The molecule has 4 heteroatoms. The minimum absolute atomic E-state index is 0.0908. The fraction of sp³-hybridized carbons (Fsp3) is 0.333. The SMILES string of the molecule is FC(F)(F)N1CC1c1ccccc1. The number of hydrogen-bond acceptors (Lipinski definition) is 1. The molecule has 0 bridgehead atoms. The van der Waals surface area contributed by atoms with Gasteiger partial charge in [-0.3, -0.25) is 0 Å². The van der Waals surface area contributed by atoms with Gasteiger partial charge in [0.15, 0.2) is 0 Å². The number of nitrogens with zero attached hydrogens (tertiary/aromatic N) is 1. The van der Waals surface area contributed by atoms with E-state index >= 15 is 0 Å². The number of rotatable bonds is 1. The Morgan fingerprint density at radius 3 is 2.23 bits per heavy atom. The summed E-state index contributed by atoms with van der Waals surface area (Å²) in [6.07, 6.45) is -4.18. The number of halogens is 3. The van der Waals surface area contributed by atoms with Gasteiger partial charge in [0.05, 0.1) is 6.04 Å². The Bertz CT molecular complexity index is 293. The zero-order valence-electron chi connectivity index (χ0n) is 6.75. The lowest BCUT2D eigenvalue weighted by Gasteiger charge is -2.07. The van der Waals surface area contributed by atoms with Crippen LogP contribution in [0.1, 0.15) is 11.6 Å². The van der Waals surface area contributed by atoms with Crippen molar-refractivity contribution in [3.63, 3.8) is 0 Å². The summed E-state index contributed by atoms with van der Waals surface area (Å²) in [5, 5.41) is 0. The van der Waals surface area contributed by atoms with Crippen LogP contribution in [0.15, 0.2) is 30.3 Å². The lowest BCUT2D eigenvalue weighted by molar-refractivity contribution is -0.208. The van der Waals surface area contributed by atoms with Crippen LogP contribution in [0, 0.1) is 0 Å². The lowest BCUT2D eigenvalue weighted by Crippen LogP contribution is -2.20. The molecule has 0 saturated carbocycles. The van der Waals surface area contributed by atoms with Crippen molar-refractivity contribution < 1.29 is 13.2 Å². The zero-order chi connectivity index (χ0) is 9.47. The van der Waals surface area contributed by atoms with E-state index < -0.39 is 12.3 Å². The first-order chi connectivity index (χ1) is 6.09. The van der Waals surface area contributed by atoms with Gasteiger partial charge >= 0.3 is 6.30 Å². The van der Waals surface area contributed by atoms with Crippen LogP contribution < -0.4 is 0 Å². The topological polar surface area (TPSA) is 3.01 Å². The minimum Gasteiger partial charge on any atom is -0.204 e. The second-order valence-corrected chi connectivity index (χ2v) is 3.05. The monoisotopic (exact) mass is 187 g/mol. The highest BCUT2D eigenvalue weighted by Crippen LogP contribution is 2.43. The fourth-order valence-electron chi connectivity index (χ4n) is 1.38. The summed E-state index contributed by atoms with van der Waals surface area (Å²) in [5.74, 6) is 0. The first kappa shape index (κ1) is 8.56. The van der Waals surface area contributed by atoms with E-state index in [0.717, 1.165) is 5.56 Å². The molecule has 1 heterocycles. The molecule has 1 fully saturated rings. The molecular weight excluding hydrogens is 179 g/mol. The van der Waals surface area contributed by atoms with Gasteiger partial charge in [-0.15, -0.1) is 0 Å². The van der Waals surface area contributed by atoms with Crippen molar-refractivity contribution >= 4 is 0 Å². The summed E-state index contributed by atoms with van der Waals surface area (Å²) >= 11 is 0. The molecule has 1 aromatic rings. The van der Waals surface area contributed by atoms with Crippen LogP contribution in [0.5, 0.6) is 0 Å². The Hall–Kier alpha value is -1.03. The van der Waals surface area contributed by atoms with Crippen LogP contribution in [0.3, 0.4) is 0 Å². The molecular formula is C9H8F3N. The summed E-state index contributed by atoms with van der Waals surface area (Å²) < 4.78 is 36.3. The Balaban J connectivity index is 2.09. The maximum absolute atomic E-state index is 12.1. The van der Waals surface area contributed by atoms with E-state index in [2.05, 4.69) is 0 Å². The van der Waals surface area contributed by atoms with Crippen molar-refractivity contribution in [2.75, 3.05) is 6.54 Å². The van der Waals surface area contributed by atoms with Crippen LogP contribution >= 0.6 is 0 Å². The van der Waals surface area contributed by atoms with Crippen LogP contribution in [-0.4, -0.2) is 17.7 Å². The van der Waals surface area contributed by atoms with Gasteiger partial charge in [-0.05, 0) is 5.56 Å². The molecule has 2 rings (SSSR count). The van der Waals surface area contributed by atoms with E-state index in [1.54, 1.807) is 30.3 Å². The second kappa shape index (κ2) is 2.73. The fourth-order valence-corrected chi connectivity index (χ4v) is 1.38. The number of benzene rings is 1. The van der Waals surface area contributed by atoms with E-state index in [1.165, 1.54) is 0 Å². The van der Waals surface area contributed by atoms with Crippen LogP contribution in [0.25, 0.3) is 0 Å². The molecule has 0 N–H and O–H groups in total. The summed E-state index contributed by atoms with van der Waals surface area (Å²) in [5.41, 5.74) is 0.736. The first-order valence-corrected chi connectivity index (χ1v) is 3.97. The van der Waals surface area contributed by atoms with Crippen LogP contribution in [0.2, 0.25) is 0 Å². The van der Waals surface area contributed by atoms with Crippen molar-refractivity contribution in [3.05, 3.63) is 35.9 Å². The molecule has 2 unspecified atom stereocenters. The van der Waals surface area contributed by atoms with E-state index in [4.69, 9.17) is 0 Å². The van der Waals surface area contributed by atoms with Gasteiger partial charge in [0.1, 0.15) is 0 Å². The Labute approximate surface area is 73.8 Å². The third-order valence-electron chi connectivity index (χ3n) is 2.12. The van der Waals surface area contributed by atoms with Gasteiger partial charge in [0.2, 0.25) is 0 Å². The minimum atomic E-state index is -4.18. The van der Waals surface area contributed by atoms with Crippen molar-refractivity contribution in [3.8, 4) is 0 Å². The van der Waals surface area contributed by atoms with Gasteiger partial charge < -0.3 is 0 Å². The maximum atomic E-state index is 12.1. The zero-order valence-corrected chi connectivity index (χ0v) is 6.75. The standard InChI is InChI=1S/C9H8F3N/c10-9(11,12)13-6-8(13)7-4-2-1-3-5-7/h1-5,8H,6H2. The van der Waals surface area contributed by atoms with Crippen molar-refractivity contribution in [1.29, 1.82) is 0 Å². The average Bonchev–Trinajstić information content (AvgIpc) is 2.83. The highest BCUT2D eigenvalue weighted by molar-refractivity contribution is 5.23. The number of hydrogen-bond donors (Lipinski definition) is 0. The molecule has 1 aliphatic rings. The summed E-state index contributed by atoms with van der Waals surface area (Å²) in [6, 6.07) is 8.28. The van der Waals surface area contributed by atoms with Crippen molar-refractivity contribution in [2.24, 2.45) is 0 Å². The van der Waals surface area contributed by atoms with Gasteiger partial charge in [-0.1, -0.05) is 30.3 Å². The van der Waals surface area contributed by atoms with Gasteiger partial charge in [-0.2, -0.15) is 13.2 Å². The van der Waals surface area contributed by atoms with Crippen molar-refractivity contribution in [1.82, 2.24) is 4.90 Å². The predicted molar refractivity (Wildman–Crippen MR) is 41.9 cm³/mol. The lowest BCUT2D eigenvalue weighted by atomic mass is 10.2. The second-order valence-electron chi connectivity index (χ2n) is 3.05.